The topological polar surface area (TPSA) is 115 Å². The van der Waals surface area contributed by atoms with Gasteiger partial charge in [0.25, 0.3) is 0 Å². The predicted octanol–water partition coefficient (Wildman–Crippen LogP) is 6.95. The number of aromatic carboxylic acids is 1. The van der Waals surface area contributed by atoms with Crippen molar-refractivity contribution in [2.45, 2.75) is 96.8 Å². The molecule has 188 valence electrons. The molecule has 0 unspecified atom stereocenters. The Morgan fingerprint density at radius 1 is 1.00 bits per heavy atom. The SMILES string of the molecule is C=C(C)[C@@H]1CCC(C)=C[C@H]1c1c(O)cc(CCCCCCCCCCC(=O)O)c(C(=O)O)c1O. The summed E-state index contributed by atoms with van der Waals surface area (Å²) in [4.78, 5) is 22.6. The number of carboxylic acids is 2. The molecular weight excluding hydrogens is 432 g/mol. The van der Waals surface area contributed by atoms with Gasteiger partial charge in [-0.3, -0.25) is 4.79 Å². The number of aromatic hydroxyl groups is 2. The van der Waals surface area contributed by atoms with Crippen molar-refractivity contribution in [2.75, 3.05) is 0 Å². The van der Waals surface area contributed by atoms with E-state index in [1.54, 1.807) is 0 Å². The van der Waals surface area contributed by atoms with Gasteiger partial charge in [-0.15, -0.1) is 0 Å². The molecule has 1 aromatic rings. The maximum atomic E-state index is 12.1. The van der Waals surface area contributed by atoms with Gasteiger partial charge in [-0.25, -0.2) is 4.79 Å². The molecule has 2 atom stereocenters. The molecule has 1 aliphatic rings. The molecule has 34 heavy (non-hydrogen) atoms. The molecule has 4 N–H and O–H groups in total. The Labute approximate surface area is 203 Å². The van der Waals surface area contributed by atoms with Crippen molar-refractivity contribution in [1.29, 1.82) is 0 Å². The van der Waals surface area contributed by atoms with Crippen LogP contribution in [0, 0.1) is 5.92 Å². The lowest BCUT2D eigenvalue weighted by Gasteiger charge is -2.32. The lowest BCUT2D eigenvalue weighted by Crippen LogP contribution is -2.18. The Bertz CT molecular complexity index is 914. The van der Waals surface area contributed by atoms with Crippen molar-refractivity contribution in [3.63, 3.8) is 0 Å². The zero-order valence-electron chi connectivity index (χ0n) is 20.6. The Hall–Kier alpha value is -2.76. The van der Waals surface area contributed by atoms with Crippen LogP contribution in [-0.4, -0.2) is 32.4 Å². The summed E-state index contributed by atoms with van der Waals surface area (Å²) in [6.07, 6.45) is 12.0. The molecule has 0 heterocycles. The highest BCUT2D eigenvalue weighted by Gasteiger charge is 2.33. The second-order valence-corrected chi connectivity index (χ2v) is 9.75. The standard InChI is InChI=1S/C28H40O6/c1-18(2)21-15-14-19(3)16-22(21)26-23(29)17-20(25(27(26)32)28(33)34)12-10-8-6-4-5-7-9-11-13-24(30)31/h16-17,21-22,29,32H,1,4-15H2,2-3H3,(H,30,31)(H,33,34)/t21-,22+/m0/s1. The molecule has 2 rings (SSSR count). The van der Waals surface area contributed by atoms with Crippen LogP contribution in [0.15, 0.2) is 29.9 Å². The molecule has 6 nitrogen and oxygen atoms in total. The van der Waals surface area contributed by atoms with Crippen molar-refractivity contribution in [2.24, 2.45) is 5.92 Å². The van der Waals surface area contributed by atoms with Crippen LogP contribution < -0.4 is 0 Å². The minimum Gasteiger partial charge on any atom is -0.507 e. The van der Waals surface area contributed by atoms with E-state index in [-0.39, 0.29) is 40.9 Å². The molecular formula is C28H40O6. The van der Waals surface area contributed by atoms with Crippen molar-refractivity contribution >= 4 is 11.9 Å². The van der Waals surface area contributed by atoms with Gasteiger partial charge in [0, 0.05) is 17.9 Å². The summed E-state index contributed by atoms with van der Waals surface area (Å²) in [5, 5.41) is 40.3. The van der Waals surface area contributed by atoms with Gasteiger partial charge in [-0.2, -0.15) is 0 Å². The molecule has 1 aliphatic carbocycles. The van der Waals surface area contributed by atoms with Crippen LogP contribution in [0.25, 0.3) is 0 Å². The van der Waals surface area contributed by atoms with E-state index < -0.39 is 11.9 Å². The second kappa shape index (κ2) is 13.2. The van der Waals surface area contributed by atoms with Crippen LogP contribution in [0.1, 0.15) is 112 Å². The van der Waals surface area contributed by atoms with E-state index >= 15 is 0 Å². The van der Waals surface area contributed by atoms with Gasteiger partial charge < -0.3 is 20.4 Å². The van der Waals surface area contributed by atoms with Crippen LogP contribution in [0.2, 0.25) is 0 Å². The van der Waals surface area contributed by atoms with Crippen molar-refractivity contribution in [1.82, 2.24) is 0 Å². The minimum absolute atomic E-state index is 0.0390. The first-order chi connectivity index (χ1) is 16.1. The molecule has 0 spiro atoms. The molecule has 6 heteroatoms. The van der Waals surface area contributed by atoms with Gasteiger partial charge in [0.05, 0.1) is 0 Å². The van der Waals surface area contributed by atoms with Gasteiger partial charge >= 0.3 is 11.9 Å². The van der Waals surface area contributed by atoms with E-state index in [1.807, 2.05) is 19.9 Å². The van der Waals surface area contributed by atoms with Crippen molar-refractivity contribution in [3.8, 4) is 11.5 Å². The number of carboxylic acid groups (broad SMARTS) is 2. The minimum atomic E-state index is -1.18. The molecule has 0 radical (unpaired) electrons. The summed E-state index contributed by atoms with van der Waals surface area (Å²) in [5.74, 6) is -2.57. The smallest absolute Gasteiger partial charge is 0.339 e. The first-order valence-corrected chi connectivity index (χ1v) is 12.5. The number of phenols is 2. The van der Waals surface area contributed by atoms with Gasteiger partial charge in [0.15, 0.2) is 0 Å². The third kappa shape index (κ3) is 7.64. The number of unbranched alkanes of at least 4 members (excludes halogenated alkanes) is 7. The predicted molar refractivity (Wildman–Crippen MR) is 134 cm³/mol. The van der Waals surface area contributed by atoms with Gasteiger partial charge in [-0.05, 0) is 63.5 Å². The molecule has 0 fully saturated rings. The van der Waals surface area contributed by atoms with Crippen LogP contribution in [-0.2, 0) is 11.2 Å². The number of aliphatic carboxylic acids is 1. The largest absolute Gasteiger partial charge is 0.507 e. The first kappa shape index (κ1) is 27.5. The molecule has 0 aromatic heterocycles. The number of aryl methyl sites for hydroxylation is 1. The summed E-state index contributed by atoms with van der Waals surface area (Å²) in [6, 6.07) is 1.52. The Morgan fingerprint density at radius 2 is 1.59 bits per heavy atom. The molecule has 0 aliphatic heterocycles. The fourth-order valence-corrected chi connectivity index (χ4v) is 5.05. The monoisotopic (exact) mass is 472 g/mol. The average molecular weight is 473 g/mol. The number of benzene rings is 1. The third-order valence-electron chi connectivity index (χ3n) is 6.91. The summed E-state index contributed by atoms with van der Waals surface area (Å²) in [5.41, 5.74) is 2.75. The summed E-state index contributed by atoms with van der Waals surface area (Å²) >= 11 is 0. The summed E-state index contributed by atoms with van der Waals surface area (Å²) < 4.78 is 0. The lowest BCUT2D eigenvalue weighted by molar-refractivity contribution is -0.137. The van der Waals surface area contributed by atoms with E-state index in [0.29, 0.717) is 12.0 Å². The average Bonchev–Trinajstić information content (AvgIpc) is 2.74. The van der Waals surface area contributed by atoms with Gasteiger partial charge in [0.1, 0.15) is 17.1 Å². The molecule has 0 saturated heterocycles. The number of carbonyl (C=O) groups is 2. The summed E-state index contributed by atoms with van der Waals surface area (Å²) in [7, 11) is 0. The van der Waals surface area contributed by atoms with Crippen molar-refractivity contribution in [3.05, 3.63) is 46.6 Å². The molecule has 1 aromatic carbocycles. The molecule has 0 amide bonds. The number of rotatable bonds is 14. The molecule has 0 bridgehead atoms. The van der Waals surface area contributed by atoms with E-state index in [0.717, 1.165) is 75.4 Å². The second-order valence-electron chi connectivity index (χ2n) is 9.75. The first-order valence-electron chi connectivity index (χ1n) is 12.5. The van der Waals surface area contributed by atoms with Crippen LogP contribution in [0.5, 0.6) is 11.5 Å². The lowest BCUT2D eigenvalue weighted by atomic mass is 9.73. The molecule has 0 saturated carbocycles. The van der Waals surface area contributed by atoms with Crippen molar-refractivity contribution < 1.29 is 30.0 Å². The summed E-state index contributed by atoms with van der Waals surface area (Å²) in [6.45, 7) is 8.02. The highest BCUT2D eigenvalue weighted by molar-refractivity contribution is 5.94. The van der Waals surface area contributed by atoms with Crippen LogP contribution in [0.3, 0.4) is 0 Å². The van der Waals surface area contributed by atoms with Crippen LogP contribution >= 0.6 is 0 Å². The fourth-order valence-electron chi connectivity index (χ4n) is 5.05. The van der Waals surface area contributed by atoms with E-state index in [4.69, 9.17) is 5.11 Å². The van der Waals surface area contributed by atoms with Gasteiger partial charge in [-0.1, -0.05) is 62.3 Å². The Balaban J connectivity index is 2.03. The van der Waals surface area contributed by atoms with E-state index in [9.17, 15) is 24.9 Å². The zero-order chi connectivity index (χ0) is 25.3. The zero-order valence-corrected chi connectivity index (χ0v) is 20.6. The number of hydrogen-bond acceptors (Lipinski definition) is 4. The van der Waals surface area contributed by atoms with E-state index in [2.05, 4.69) is 6.58 Å². The number of phenolic OH excluding ortho intramolecular Hbond substituents is 1. The quantitative estimate of drug-likeness (QED) is 0.172. The van der Waals surface area contributed by atoms with E-state index in [1.165, 1.54) is 6.07 Å². The number of allylic oxidation sites excluding steroid dienone is 3. The number of hydrogen-bond donors (Lipinski definition) is 4. The third-order valence-corrected chi connectivity index (χ3v) is 6.91. The van der Waals surface area contributed by atoms with Gasteiger partial charge in [0.2, 0.25) is 0 Å². The van der Waals surface area contributed by atoms with Crippen LogP contribution in [0.4, 0.5) is 0 Å². The Kier molecular flexibility index (Phi) is 10.7. The highest BCUT2D eigenvalue weighted by atomic mass is 16.4. The maximum Gasteiger partial charge on any atom is 0.339 e. The highest BCUT2D eigenvalue weighted by Crippen LogP contribution is 2.48. The Morgan fingerprint density at radius 3 is 2.15 bits per heavy atom. The maximum absolute atomic E-state index is 12.1. The fraction of sp³-hybridized carbons (Fsp3) is 0.571. The normalized spacial score (nSPS) is 17.9.